The number of hydrogen-bond donors (Lipinski definition) is 2. The summed E-state index contributed by atoms with van der Waals surface area (Å²) in [6.45, 7) is 3.46. The first-order valence-corrected chi connectivity index (χ1v) is 13.8. The van der Waals surface area contributed by atoms with Crippen molar-refractivity contribution in [3.8, 4) is 0 Å². The van der Waals surface area contributed by atoms with E-state index in [4.69, 9.17) is 9.32 Å². The standard InChI is InChI=1S/C22H27N7O4S2/c23-35(31,32)33-12-15-1-2-17(7-15)27-22-18(9-24-14-26-22)21(30)19-8-16(13-34-19)10-28-5-6-29-4-3-25-20(29)11-28/h3-4,8-9,13-15,17H,1-2,5-7,10-12H2,(H2,23,31,32)(H,24,26,27)/t15-,17+/m1/s1. The zero-order chi connectivity index (χ0) is 24.4. The van der Waals surface area contributed by atoms with Crippen LogP contribution in [0.2, 0.25) is 0 Å². The van der Waals surface area contributed by atoms with Gasteiger partial charge < -0.3 is 9.88 Å². The van der Waals surface area contributed by atoms with Gasteiger partial charge in [-0.05, 0) is 42.2 Å². The number of nitrogens with zero attached hydrogens (tertiary/aromatic N) is 5. The molecule has 4 heterocycles. The van der Waals surface area contributed by atoms with E-state index in [0.717, 1.165) is 50.4 Å². The highest BCUT2D eigenvalue weighted by Crippen LogP contribution is 2.30. The summed E-state index contributed by atoms with van der Waals surface area (Å²) in [5, 5.41) is 10.3. The van der Waals surface area contributed by atoms with Gasteiger partial charge in [0, 0.05) is 44.3 Å². The van der Waals surface area contributed by atoms with Gasteiger partial charge in [0.1, 0.15) is 18.0 Å². The number of anilines is 1. The highest BCUT2D eigenvalue weighted by molar-refractivity contribution is 7.84. The maximum absolute atomic E-state index is 13.3. The number of hydrogen-bond acceptors (Lipinski definition) is 10. The predicted octanol–water partition coefficient (Wildman–Crippen LogP) is 1.78. The summed E-state index contributed by atoms with van der Waals surface area (Å²) >= 11 is 1.42. The van der Waals surface area contributed by atoms with Crippen molar-refractivity contribution in [3.05, 3.63) is 58.2 Å². The molecule has 1 aliphatic heterocycles. The van der Waals surface area contributed by atoms with Crippen LogP contribution in [0.4, 0.5) is 5.82 Å². The van der Waals surface area contributed by atoms with Gasteiger partial charge in [-0.25, -0.2) is 20.1 Å². The van der Waals surface area contributed by atoms with E-state index in [1.165, 1.54) is 23.9 Å². The Kier molecular flexibility index (Phi) is 6.93. The van der Waals surface area contributed by atoms with Crippen LogP contribution in [0.25, 0.3) is 0 Å². The molecule has 0 unspecified atom stereocenters. The summed E-state index contributed by atoms with van der Waals surface area (Å²) in [4.78, 5) is 29.1. The molecule has 1 saturated carbocycles. The third-order valence-electron chi connectivity index (χ3n) is 6.41. The fraction of sp³-hybridized carbons (Fsp3) is 0.455. The molecule has 0 aromatic carbocycles. The summed E-state index contributed by atoms with van der Waals surface area (Å²) < 4.78 is 29.0. The molecular formula is C22H27N7O4S2. The average molecular weight is 518 g/mol. The van der Waals surface area contributed by atoms with Gasteiger partial charge in [-0.2, -0.15) is 8.42 Å². The van der Waals surface area contributed by atoms with Crippen molar-refractivity contribution in [1.82, 2.24) is 24.4 Å². The number of carbonyl (C=O) groups is 1. The molecule has 1 fully saturated rings. The summed E-state index contributed by atoms with van der Waals surface area (Å²) in [6.07, 6.45) is 9.10. The topological polar surface area (TPSA) is 145 Å². The Hall–Kier alpha value is -2.71. The number of ketones is 1. The number of fused-ring (bicyclic) bond motifs is 1. The van der Waals surface area contributed by atoms with E-state index in [0.29, 0.717) is 22.7 Å². The van der Waals surface area contributed by atoms with Crippen LogP contribution in [0.3, 0.4) is 0 Å². The van der Waals surface area contributed by atoms with Crippen LogP contribution >= 0.6 is 11.3 Å². The van der Waals surface area contributed by atoms with E-state index in [9.17, 15) is 13.2 Å². The second-order valence-corrected chi connectivity index (χ2v) is 11.1. The Labute approximate surface area is 207 Å². The van der Waals surface area contributed by atoms with Gasteiger partial charge in [0.25, 0.3) is 0 Å². The Morgan fingerprint density at radius 3 is 3.03 bits per heavy atom. The molecule has 186 valence electrons. The van der Waals surface area contributed by atoms with Gasteiger partial charge in [0.05, 0.1) is 23.6 Å². The van der Waals surface area contributed by atoms with Gasteiger partial charge >= 0.3 is 10.3 Å². The number of carbonyl (C=O) groups excluding carboxylic acids is 1. The van der Waals surface area contributed by atoms with Crippen LogP contribution in [-0.2, 0) is 34.1 Å². The van der Waals surface area contributed by atoms with Crippen molar-refractivity contribution in [2.24, 2.45) is 11.1 Å². The molecule has 0 amide bonds. The van der Waals surface area contributed by atoms with E-state index in [-0.39, 0.29) is 24.3 Å². The average Bonchev–Trinajstić information content (AvgIpc) is 3.58. The zero-order valence-electron chi connectivity index (χ0n) is 19.0. The maximum atomic E-state index is 13.3. The Balaban J connectivity index is 1.21. The van der Waals surface area contributed by atoms with Gasteiger partial charge in [-0.1, -0.05) is 0 Å². The SMILES string of the molecule is NS(=O)(=O)OC[C@@H]1CC[C@H](Nc2ncncc2C(=O)c2cc(CN3CCn4ccnc4C3)cs2)C1. The van der Waals surface area contributed by atoms with Gasteiger partial charge in [-0.3, -0.25) is 13.9 Å². The molecule has 2 atom stereocenters. The lowest BCUT2D eigenvalue weighted by molar-refractivity contribution is 0.104. The molecular weight excluding hydrogens is 490 g/mol. The third-order valence-corrected chi connectivity index (χ3v) is 7.86. The smallest absolute Gasteiger partial charge is 0.333 e. The number of aromatic nitrogens is 4. The molecule has 11 nitrogen and oxygen atoms in total. The minimum Gasteiger partial charge on any atom is -0.367 e. The molecule has 0 bridgehead atoms. The maximum Gasteiger partial charge on any atom is 0.333 e. The summed E-state index contributed by atoms with van der Waals surface area (Å²) in [5.41, 5.74) is 1.52. The lowest BCUT2D eigenvalue weighted by atomic mass is 10.1. The molecule has 5 rings (SSSR count). The predicted molar refractivity (Wildman–Crippen MR) is 130 cm³/mol. The zero-order valence-corrected chi connectivity index (χ0v) is 20.7. The Bertz CT molecular complexity index is 1310. The summed E-state index contributed by atoms with van der Waals surface area (Å²) in [7, 11) is -3.95. The number of nitrogens with one attached hydrogen (secondary N) is 1. The lowest BCUT2D eigenvalue weighted by Gasteiger charge is -2.27. The van der Waals surface area contributed by atoms with Gasteiger partial charge in [0.2, 0.25) is 5.78 Å². The van der Waals surface area contributed by atoms with Crippen molar-refractivity contribution < 1.29 is 17.4 Å². The molecule has 0 radical (unpaired) electrons. The molecule has 13 heteroatoms. The number of thiophene rings is 1. The van der Waals surface area contributed by atoms with Crippen molar-refractivity contribution >= 4 is 33.2 Å². The van der Waals surface area contributed by atoms with Crippen molar-refractivity contribution in [2.75, 3.05) is 18.5 Å². The van der Waals surface area contributed by atoms with Crippen molar-refractivity contribution in [3.63, 3.8) is 0 Å². The highest BCUT2D eigenvalue weighted by Gasteiger charge is 2.28. The normalized spacial score (nSPS) is 20.6. The van der Waals surface area contributed by atoms with Crippen LogP contribution < -0.4 is 10.5 Å². The fourth-order valence-electron chi connectivity index (χ4n) is 4.68. The van der Waals surface area contributed by atoms with Gasteiger partial charge in [0.15, 0.2) is 0 Å². The minimum atomic E-state index is -3.95. The van der Waals surface area contributed by atoms with Crippen LogP contribution in [0, 0.1) is 5.92 Å². The Morgan fingerprint density at radius 2 is 2.17 bits per heavy atom. The van der Waals surface area contributed by atoms with E-state index in [1.807, 2.05) is 23.8 Å². The molecule has 3 aromatic heterocycles. The quantitative estimate of drug-likeness (QED) is 0.406. The molecule has 35 heavy (non-hydrogen) atoms. The van der Waals surface area contributed by atoms with Crippen LogP contribution in [0.1, 0.15) is 45.9 Å². The monoisotopic (exact) mass is 517 g/mol. The summed E-state index contributed by atoms with van der Waals surface area (Å²) in [5.74, 6) is 1.50. The largest absolute Gasteiger partial charge is 0.367 e. The van der Waals surface area contributed by atoms with Crippen LogP contribution in [0.5, 0.6) is 0 Å². The van der Waals surface area contributed by atoms with Gasteiger partial charge in [-0.15, -0.1) is 11.3 Å². The second-order valence-electron chi connectivity index (χ2n) is 8.98. The molecule has 1 aliphatic carbocycles. The minimum absolute atomic E-state index is 0.0519. The van der Waals surface area contributed by atoms with E-state index in [2.05, 4.69) is 29.7 Å². The molecule has 3 N–H and O–H groups in total. The first kappa shape index (κ1) is 24.0. The van der Waals surface area contributed by atoms with E-state index < -0.39 is 10.3 Å². The number of nitrogens with two attached hydrogens (primary N) is 1. The van der Waals surface area contributed by atoms with Crippen LogP contribution in [0.15, 0.2) is 36.4 Å². The first-order chi connectivity index (χ1) is 16.8. The molecule has 2 aliphatic rings. The third kappa shape index (κ3) is 5.93. The number of rotatable bonds is 9. The highest BCUT2D eigenvalue weighted by atomic mass is 32.2. The van der Waals surface area contributed by atoms with Crippen LogP contribution in [-0.4, -0.2) is 57.8 Å². The molecule has 0 spiro atoms. The molecule has 3 aromatic rings. The second kappa shape index (κ2) is 10.1. The number of imidazole rings is 1. The molecule has 0 saturated heterocycles. The van der Waals surface area contributed by atoms with Crippen molar-refractivity contribution in [2.45, 2.75) is 44.9 Å². The Morgan fingerprint density at radius 1 is 1.29 bits per heavy atom. The summed E-state index contributed by atoms with van der Waals surface area (Å²) in [6, 6.07) is 2.00. The first-order valence-electron chi connectivity index (χ1n) is 11.4. The van der Waals surface area contributed by atoms with Crippen molar-refractivity contribution in [1.29, 1.82) is 0 Å². The van der Waals surface area contributed by atoms with E-state index in [1.54, 1.807) is 0 Å². The van der Waals surface area contributed by atoms with E-state index >= 15 is 0 Å². The lowest BCUT2D eigenvalue weighted by Crippen LogP contribution is -2.33. The fourth-order valence-corrected chi connectivity index (χ4v) is 5.92.